The molecule has 0 bridgehead atoms. The summed E-state index contributed by atoms with van der Waals surface area (Å²) in [5.74, 6) is 0.718. The van der Waals surface area contributed by atoms with Crippen LogP contribution >= 0.6 is 0 Å². The average Bonchev–Trinajstić information content (AvgIpc) is 2.62. The quantitative estimate of drug-likeness (QED) is 0.870. The standard InChI is InChI=1S/C16H16F3N3O3S/c17-16(18,19)26(23,24)14-4-2-1-3-13(14)21-12-5-6-15(20-11-12)22-7-9-25-10-8-22/h1-6,11,21H,7-10H2. The van der Waals surface area contributed by atoms with Gasteiger partial charge in [0.2, 0.25) is 0 Å². The Morgan fingerprint density at radius 3 is 2.38 bits per heavy atom. The lowest BCUT2D eigenvalue weighted by atomic mass is 10.3. The van der Waals surface area contributed by atoms with Crippen molar-refractivity contribution in [1.82, 2.24) is 4.98 Å². The molecule has 0 atom stereocenters. The van der Waals surface area contributed by atoms with Gasteiger partial charge in [0.1, 0.15) is 5.82 Å². The lowest BCUT2D eigenvalue weighted by Gasteiger charge is -2.27. The average molecular weight is 387 g/mol. The summed E-state index contributed by atoms with van der Waals surface area (Å²) in [6, 6.07) is 8.23. The highest BCUT2D eigenvalue weighted by Crippen LogP contribution is 2.35. The molecule has 1 aliphatic heterocycles. The normalized spacial score (nSPS) is 15.7. The molecule has 1 aromatic carbocycles. The molecule has 6 nitrogen and oxygen atoms in total. The van der Waals surface area contributed by atoms with Crippen molar-refractivity contribution in [1.29, 1.82) is 0 Å². The van der Waals surface area contributed by atoms with Crippen LogP contribution in [0.5, 0.6) is 0 Å². The Morgan fingerprint density at radius 1 is 1.08 bits per heavy atom. The van der Waals surface area contributed by atoms with Crippen molar-refractivity contribution in [3.8, 4) is 0 Å². The summed E-state index contributed by atoms with van der Waals surface area (Å²) in [7, 11) is -5.46. The molecule has 1 N–H and O–H groups in total. The van der Waals surface area contributed by atoms with Crippen LogP contribution in [0.1, 0.15) is 0 Å². The number of hydrogen-bond acceptors (Lipinski definition) is 6. The predicted octanol–water partition coefficient (Wildman–Crippen LogP) is 2.96. The monoisotopic (exact) mass is 387 g/mol. The van der Waals surface area contributed by atoms with Crippen LogP contribution in [-0.4, -0.2) is 45.2 Å². The van der Waals surface area contributed by atoms with Gasteiger partial charge in [0.15, 0.2) is 0 Å². The Labute approximate surface area is 148 Å². The van der Waals surface area contributed by atoms with Crippen LogP contribution in [0.2, 0.25) is 0 Å². The summed E-state index contributed by atoms with van der Waals surface area (Å²) in [4.78, 5) is 5.47. The SMILES string of the molecule is O=S(=O)(c1ccccc1Nc1ccc(N2CCOCC2)nc1)C(F)(F)F. The van der Waals surface area contributed by atoms with Gasteiger partial charge in [0.05, 0.1) is 35.7 Å². The second kappa shape index (κ2) is 7.12. The molecule has 3 rings (SSSR count). The first kappa shape index (κ1) is 18.5. The molecule has 0 unspecified atom stereocenters. The molecule has 0 saturated carbocycles. The number of benzene rings is 1. The lowest BCUT2D eigenvalue weighted by molar-refractivity contribution is -0.0435. The fourth-order valence-electron chi connectivity index (χ4n) is 2.52. The van der Waals surface area contributed by atoms with Crippen LogP contribution in [0.25, 0.3) is 0 Å². The zero-order valence-electron chi connectivity index (χ0n) is 13.5. The molecular weight excluding hydrogens is 371 g/mol. The topological polar surface area (TPSA) is 71.5 Å². The number of aromatic nitrogens is 1. The summed E-state index contributed by atoms with van der Waals surface area (Å²) < 4.78 is 67.3. The van der Waals surface area contributed by atoms with E-state index in [0.29, 0.717) is 32.0 Å². The minimum Gasteiger partial charge on any atom is -0.378 e. The molecule has 0 amide bonds. The summed E-state index contributed by atoms with van der Waals surface area (Å²) in [6.45, 7) is 2.60. The maximum Gasteiger partial charge on any atom is 0.501 e. The Bertz CT molecular complexity index is 864. The molecular formula is C16H16F3N3O3S. The Hall–Kier alpha value is -2.33. The number of hydrogen-bond donors (Lipinski definition) is 1. The van der Waals surface area contributed by atoms with Gasteiger partial charge in [-0.1, -0.05) is 12.1 Å². The largest absolute Gasteiger partial charge is 0.501 e. The molecule has 26 heavy (non-hydrogen) atoms. The number of sulfone groups is 1. The highest BCUT2D eigenvalue weighted by Gasteiger charge is 2.47. The van der Waals surface area contributed by atoms with E-state index in [-0.39, 0.29) is 5.69 Å². The molecule has 2 heterocycles. The van der Waals surface area contributed by atoms with Crippen molar-refractivity contribution in [3.05, 3.63) is 42.6 Å². The van der Waals surface area contributed by atoms with Crippen LogP contribution in [-0.2, 0) is 14.6 Å². The molecule has 1 aromatic heterocycles. The molecule has 1 saturated heterocycles. The van der Waals surface area contributed by atoms with Crippen molar-refractivity contribution in [2.75, 3.05) is 36.5 Å². The van der Waals surface area contributed by atoms with E-state index < -0.39 is 20.2 Å². The Balaban J connectivity index is 1.84. The van der Waals surface area contributed by atoms with E-state index in [0.717, 1.165) is 11.9 Å². The molecule has 1 fully saturated rings. The molecule has 0 spiro atoms. The first-order valence-corrected chi connectivity index (χ1v) is 9.23. The first-order chi connectivity index (χ1) is 12.3. The Kier molecular flexibility index (Phi) is 5.05. The zero-order valence-corrected chi connectivity index (χ0v) is 14.3. The lowest BCUT2D eigenvalue weighted by Crippen LogP contribution is -2.36. The van der Waals surface area contributed by atoms with Gasteiger partial charge < -0.3 is 15.0 Å². The number of para-hydroxylation sites is 1. The van der Waals surface area contributed by atoms with E-state index in [1.165, 1.54) is 24.4 Å². The smallest absolute Gasteiger partial charge is 0.378 e. The van der Waals surface area contributed by atoms with Gasteiger partial charge in [-0.15, -0.1) is 0 Å². The van der Waals surface area contributed by atoms with E-state index in [9.17, 15) is 21.6 Å². The van der Waals surface area contributed by atoms with Gasteiger partial charge in [0, 0.05) is 13.1 Å². The number of ether oxygens (including phenoxy) is 1. The summed E-state index contributed by atoms with van der Waals surface area (Å²) in [5.41, 5.74) is -5.15. The van der Waals surface area contributed by atoms with Crippen molar-refractivity contribution < 1.29 is 26.3 Å². The fourth-order valence-corrected chi connectivity index (χ4v) is 3.44. The highest BCUT2D eigenvalue weighted by molar-refractivity contribution is 7.92. The van der Waals surface area contributed by atoms with Crippen LogP contribution < -0.4 is 10.2 Å². The Morgan fingerprint density at radius 2 is 1.77 bits per heavy atom. The van der Waals surface area contributed by atoms with Gasteiger partial charge >= 0.3 is 5.51 Å². The van der Waals surface area contributed by atoms with Gasteiger partial charge in [0.25, 0.3) is 9.84 Å². The number of nitrogens with one attached hydrogen (secondary N) is 1. The van der Waals surface area contributed by atoms with Gasteiger partial charge in [-0.25, -0.2) is 13.4 Å². The van der Waals surface area contributed by atoms with E-state index in [4.69, 9.17) is 4.74 Å². The molecule has 0 radical (unpaired) electrons. The second-order valence-electron chi connectivity index (χ2n) is 5.57. The summed E-state index contributed by atoms with van der Waals surface area (Å²) >= 11 is 0. The summed E-state index contributed by atoms with van der Waals surface area (Å²) in [5, 5.41) is 2.70. The maximum atomic E-state index is 12.9. The third-order valence-electron chi connectivity index (χ3n) is 3.84. The predicted molar refractivity (Wildman–Crippen MR) is 90.2 cm³/mol. The number of morpholine rings is 1. The summed E-state index contributed by atoms with van der Waals surface area (Å²) in [6.07, 6.45) is 1.45. The van der Waals surface area contributed by atoms with Gasteiger partial charge in [-0.3, -0.25) is 0 Å². The third-order valence-corrected chi connectivity index (χ3v) is 5.39. The number of pyridine rings is 1. The second-order valence-corrected chi connectivity index (χ2v) is 7.48. The molecule has 0 aliphatic carbocycles. The fraction of sp³-hybridized carbons (Fsp3) is 0.312. The molecule has 140 valence electrons. The molecule has 1 aliphatic rings. The van der Waals surface area contributed by atoms with E-state index in [1.807, 2.05) is 4.90 Å². The van der Waals surface area contributed by atoms with Crippen LogP contribution in [0.3, 0.4) is 0 Å². The first-order valence-electron chi connectivity index (χ1n) is 7.75. The van der Waals surface area contributed by atoms with Crippen LogP contribution in [0.4, 0.5) is 30.4 Å². The number of rotatable bonds is 4. The van der Waals surface area contributed by atoms with Crippen molar-refractivity contribution in [2.45, 2.75) is 10.4 Å². The van der Waals surface area contributed by atoms with Crippen molar-refractivity contribution >= 4 is 27.0 Å². The van der Waals surface area contributed by atoms with E-state index in [2.05, 4.69) is 10.3 Å². The molecule has 2 aromatic rings. The third kappa shape index (κ3) is 3.75. The minimum absolute atomic E-state index is 0.161. The van der Waals surface area contributed by atoms with Gasteiger partial charge in [-0.2, -0.15) is 13.2 Å². The van der Waals surface area contributed by atoms with Crippen molar-refractivity contribution in [2.24, 2.45) is 0 Å². The minimum atomic E-state index is -5.46. The van der Waals surface area contributed by atoms with Gasteiger partial charge in [-0.05, 0) is 24.3 Å². The van der Waals surface area contributed by atoms with E-state index >= 15 is 0 Å². The van der Waals surface area contributed by atoms with Crippen molar-refractivity contribution in [3.63, 3.8) is 0 Å². The number of halogens is 3. The van der Waals surface area contributed by atoms with Crippen LogP contribution in [0, 0.1) is 0 Å². The maximum absolute atomic E-state index is 12.9. The highest BCUT2D eigenvalue weighted by atomic mass is 32.2. The molecule has 10 heteroatoms. The van der Waals surface area contributed by atoms with E-state index in [1.54, 1.807) is 12.1 Å². The zero-order chi connectivity index (χ0) is 18.8. The number of nitrogens with zero attached hydrogens (tertiary/aromatic N) is 2. The number of anilines is 3. The number of alkyl halides is 3. The van der Waals surface area contributed by atoms with Crippen LogP contribution in [0.15, 0.2) is 47.5 Å².